The Morgan fingerprint density at radius 1 is 1.03 bits per heavy atom. The van der Waals surface area contributed by atoms with Crippen molar-refractivity contribution in [2.45, 2.75) is 33.1 Å². The summed E-state index contributed by atoms with van der Waals surface area (Å²) in [6.07, 6.45) is 2.64. The van der Waals surface area contributed by atoms with Crippen LogP contribution in [-0.2, 0) is 11.2 Å². The van der Waals surface area contributed by atoms with Gasteiger partial charge in [0.1, 0.15) is 0 Å². The summed E-state index contributed by atoms with van der Waals surface area (Å²) in [6.45, 7) is 5.82. The van der Waals surface area contributed by atoms with Gasteiger partial charge in [-0.3, -0.25) is 4.79 Å². The van der Waals surface area contributed by atoms with Crippen molar-refractivity contribution >= 4 is 17.4 Å². The van der Waals surface area contributed by atoms with Gasteiger partial charge in [0.05, 0.1) is 5.69 Å². The second kappa shape index (κ2) is 9.08. The molecule has 1 aliphatic heterocycles. The van der Waals surface area contributed by atoms with Crippen LogP contribution in [0.3, 0.4) is 0 Å². The molecule has 0 spiro atoms. The fourth-order valence-electron chi connectivity index (χ4n) is 3.89. The third-order valence-electron chi connectivity index (χ3n) is 5.78. The minimum Gasteiger partial charge on any atom is -0.355 e. The van der Waals surface area contributed by atoms with E-state index in [1.165, 1.54) is 11.1 Å². The molecule has 1 saturated heterocycles. The van der Waals surface area contributed by atoms with E-state index in [2.05, 4.69) is 64.6 Å². The Hall–Kier alpha value is -3.21. The van der Waals surface area contributed by atoms with Crippen molar-refractivity contribution in [1.29, 1.82) is 0 Å². The summed E-state index contributed by atoms with van der Waals surface area (Å²) < 4.78 is 0. The lowest BCUT2D eigenvalue weighted by Crippen LogP contribution is -2.38. The molecule has 1 aromatic heterocycles. The Kier molecular flexibility index (Phi) is 6.07. The number of amides is 1. The van der Waals surface area contributed by atoms with Crippen molar-refractivity contribution in [2.24, 2.45) is 5.92 Å². The maximum Gasteiger partial charge on any atom is 0.227 e. The van der Waals surface area contributed by atoms with Gasteiger partial charge >= 0.3 is 0 Å². The predicted molar refractivity (Wildman–Crippen MR) is 122 cm³/mol. The molecule has 0 bridgehead atoms. The minimum atomic E-state index is 0.0339. The third-order valence-corrected chi connectivity index (χ3v) is 5.78. The molecule has 3 aromatic rings. The summed E-state index contributed by atoms with van der Waals surface area (Å²) in [5.41, 5.74) is 5.32. The molecule has 1 N–H and O–H groups in total. The molecule has 0 aliphatic carbocycles. The molecule has 1 amide bonds. The summed E-state index contributed by atoms with van der Waals surface area (Å²) in [5.74, 6) is 1.02. The monoisotopic (exact) mass is 400 g/mol. The number of nitrogens with one attached hydrogen (secondary N) is 1. The normalized spacial score (nSPS) is 14.5. The molecule has 0 unspecified atom stereocenters. The fourth-order valence-corrected chi connectivity index (χ4v) is 3.89. The Morgan fingerprint density at radius 2 is 1.80 bits per heavy atom. The van der Waals surface area contributed by atoms with Crippen molar-refractivity contribution < 1.29 is 4.79 Å². The molecular weight excluding hydrogens is 372 g/mol. The molecule has 0 radical (unpaired) electrons. The van der Waals surface area contributed by atoms with Gasteiger partial charge in [0.2, 0.25) is 5.91 Å². The van der Waals surface area contributed by atoms with E-state index >= 15 is 0 Å². The van der Waals surface area contributed by atoms with E-state index in [1.807, 2.05) is 30.3 Å². The zero-order valence-corrected chi connectivity index (χ0v) is 17.6. The van der Waals surface area contributed by atoms with Gasteiger partial charge in [0, 0.05) is 30.3 Å². The number of benzene rings is 2. The Labute approximate surface area is 178 Å². The molecule has 2 heterocycles. The van der Waals surface area contributed by atoms with Gasteiger partial charge in [-0.2, -0.15) is 0 Å². The summed E-state index contributed by atoms with van der Waals surface area (Å²) in [6, 6.07) is 20.4. The van der Waals surface area contributed by atoms with Crippen LogP contribution in [0.25, 0.3) is 11.3 Å². The lowest BCUT2D eigenvalue weighted by molar-refractivity contribution is -0.120. The van der Waals surface area contributed by atoms with Crippen molar-refractivity contribution in [1.82, 2.24) is 10.2 Å². The van der Waals surface area contributed by atoms with Crippen LogP contribution in [0, 0.1) is 12.8 Å². The van der Waals surface area contributed by atoms with Gasteiger partial charge in [-0.1, -0.05) is 42.8 Å². The number of hydrogen-bond donors (Lipinski definition) is 1. The zero-order valence-electron chi connectivity index (χ0n) is 17.6. The predicted octanol–water partition coefficient (Wildman–Crippen LogP) is 4.87. The number of carbonyl (C=O) groups excluding carboxylic acids is 1. The maximum atomic E-state index is 12.6. The fraction of sp³-hybridized carbons (Fsp3) is 0.320. The zero-order chi connectivity index (χ0) is 20.9. The van der Waals surface area contributed by atoms with Crippen LogP contribution < -0.4 is 10.2 Å². The van der Waals surface area contributed by atoms with Crippen LogP contribution in [0.5, 0.6) is 0 Å². The number of carbonyl (C=O) groups is 1. The van der Waals surface area contributed by atoms with E-state index < -0.39 is 0 Å². The lowest BCUT2D eigenvalue weighted by Gasteiger charge is -2.31. The largest absolute Gasteiger partial charge is 0.355 e. The lowest BCUT2D eigenvalue weighted by atomic mass is 9.95. The maximum absolute atomic E-state index is 12.6. The number of nitrogens with zero attached hydrogens (tertiary/aromatic N) is 3. The SMILES string of the molecule is CCc1ccc(NC(=O)C2CCN(c3ccc(-c4cccc(C)c4)nn3)CC2)cc1. The highest BCUT2D eigenvalue weighted by Crippen LogP contribution is 2.25. The minimum absolute atomic E-state index is 0.0339. The van der Waals surface area contributed by atoms with Gasteiger partial charge in [0.15, 0.2) is 5.82 Å². The molecule has 0 atom stereocenters. The summed E-state index contributed by atoms with van der Waals surface area (Å²) in [4.78, 5) is 14.9. The van der Waals surface area contributed by atoms with Gasteiger partial charge in [-0.25, -0.2) is 0 Å². The highest BCUT2D eigenvalue weighted by atomic mass is 16.1. The first-order valence-corrected chi connectivity index (χ1v) is 10.7. The number of hydrogen-bond acceptors (Lipinski definition) is 4. The Balaban J connectivity index is 1.33. The van der Waals surface area contributed by atoms with Crippen LogP contribution in [0.1, 0.15) is 30.9 Å². The van der Waals surface area contributed by atoms with Gasteiger partial charge in [0.25, 0.3) is 0 Å². The first-order chi connectivity index (χ1) is 14.6. The first-order valence-electron chi connectivity index (χ1n) is 10.7. The molecular formula is C25H28N4O. The number of aromatic nitrogens is 2. The number of piperidine rings is 1. The van der Waals surface area contributed by atoms with Crippen LogP contribution in [0.15, 0.2) is 60.7 Å². The summed E-state index contributed by atoms with van der Waals surface area (Å²) in [5, 5.41) is 11.9. The summed E-state index contributed by atoms with van der Waals surface area (Å²) in [7, 11) is 0. The number of anilines is 2. The van der Waals surface area contributed by atoms with Crippen LogP contribution in [0.2, 0.25) is 0 Å². The molecule has 5 nitrogen and oxygen atoms in total. The van der Waals surface area contributed by atoms with E-state index in [4.69, 9.17) is 0 Å². The van der Waals surface area contributed by atoms with Crippen molar-refractivity contribution in [3.8, 4) is 11.3 Å². The van der Waals surface area contributed by atoms with Crippen molar-refractivity contribution in [3.05, 3.63) is 71.8 Å². The highest BCUT2D eigenvalue weighted by Gasteiger charge is 2.26. The Bertz CT molecular complexity index is 990. The average Bonchev–Trinajstić information content (AvgIpc) is 2.80. The van der Waals surface area contributed by atoms with Gasteiger partial charge in [-0.05, 0) is 62.1 Å². The van der Waals surface area contributed by atoms with E-state index in [1.54, 1.807) is 0 Å². The van der Waals surface area contributed by atoms with Crippen molar-refractivity contribution in [3.63, 3.8) is 0 Å². The molecule has 2 aromatic carbocycles. The molecule has 154 valence electrons. The molecule has 4 rings (SSSR count). The smallest absolute Gasteiger partial charge is 0.227 e. The quantitative estimate of drug-likeness (QED) is 0.664. The standard InChI is InChI=1S/C25H28N4O/c1-3-19-7-9-22(10-8-19)26-25(30)20-13-15-29(16-14-20)24-12-11-23(27-28-24)21-6-4-5-18(2)17-21/h4-12,17,20H,3,13-16H2,1-2H3,(H,26,30). The van der Waals surface area contributed by atoms with Crippen LogP contribution in [-0.4, -0.2) is 29.2 Å². The van der Waals surface area contributed by atoms with E-state index in [0.29, 0.717) is 0 Å². The Morgan fingerprint density at radius 3 is 2.43 bits per heavy atom. The number of rotatable bonds is 5. The van der Waals surface area contributed by atoms with E-state index in [-0.39, 0.29) is 11.8 Å². The van der Waals surface area contributed by atoms with Crippen molar-refractivity contribution in [2.75, 3.05) is 23.3 Å². The topological polar surface area (TPSA) is 58.1 Å². The molecule has 30 heavy (non-hydrogen) atoms. The number of aryl methyl sites for hydroxylation is 2. The van der Waals surface area contributed by atoms with E-state index in [9.17, 15) is 4.79 Å². The average molecular weight is 401 g/mol. The molecule has 0 saturated carbocycles. The van der Waals surface area contributed by atoms with Gasteiger partial charge < -0.3 is 10.2 Å². The van der Waals surface area contributed by atoms with Gasteiger partial charge in [-0.15, -0.1) is 10.2 Å². The molecule has 5 heteroatoms. The second-order valence-electron chi connectivity index (χ2n) is 7.95. The first kappa shape index (κ1) is 20.1. The highest BCUT2D eigenvalue weighted by molar-refractivity contribution is 5.92. The molecule has 1 fully saturated rings. The van der Waals surface area contributed by atoms with Crippen LogP contribution in [0.4, 0.5) is 11.5 Å². The second-order valence-corrected chi connectivity index (χ2v) is 7.95. The third kappa shape index (κ3) is 4.67. The van der Waals surface area contributed by atoms with E-state index in [0.717, 1.165) is 55.1 Å². The van der Waals surface area contributed by atoms with Crippen LogP contribution >= 0.6 is 0 Å². The molecule has 1 aliphatic rings. The summed E-state index contributed by atoms with van der Waals surface area (Å²) >= 11 is 0.